The number of piperazine rings is 1. The molecule has 2 heterocycles. The number of benzene rings is 3. The van der Waals surface area contributed by atoms with Crippen molar-refractivity contribution in [2.24, 2.45) is 11.7 Å². The Balaban J connectivity index is 1.33. The summed E-state index contributed by atoms with van der Waals surface area (Å²) in [6.45, 7) is 7.37. The fraction of sp³-hybridized carbons (Fsp3) is 0.424. The third-order valence-electron chi connectivity index (χ3n) is 8.67. The van der Waals surface area contributed by atoms with Crippen LogP contribution in [0, 0.1) is 5.92 Å². The first-order valence-electron chi connectivity index (χ1n) is 14.1. The molecule has 2 aliphatic heterocycles. The molecule has 2 fully saturated rings. The zero-order valence-electron chi connectivity index (χ0n) is 22.9. The lowest BCUT2D eigenvalue weighted by Crippen LogP contribution is -2.61. The van der Waals surface area contributed by atoms with E-state index in [0.717, 1.165) is 37.3 Å². The standard InChI is InChI=1S/C33H42N4O/c1-33(34,30(26-12-6-3-7-13-26)27-14-8-4-9-15-27)32(38)37-24-22-36(23-25-37)31(28-16-10-5-11-17-28)29-18-20-35(2)21-19-29/h3-17,29-31H,18-25,34H2,1-2H3. The summed E-state index contributed by atoms with van der Waals surface area (Å²) in [5.74, 6) is 0.452. The molecule has 2 N–H and O–H groups in total. The molecule has 5 heteroatoms. The van der Waals surface area contributed by atoms with Crippen LogP contribution >= 0.6 is 0 Å². The van der Waals surface area contributed by atoms with Gasteiger partial charge in [-0.05, 0) is 62.5 Å². The topological polar surface area (TPSA) is 52.8 Å². The van der Waals surface area contributed by atoms with Crippen LogP contribution in [0.3, 0.4) is 0 Å². The minimum absolute atomic E-state index is 0.0328. The molecule has 0 radical (unpaired) electrons. The summed E-state index contributed by atoms with van der Waals surface area (Å²) in [5.41, 5.74) is 9.49. The minimum Gasteiger partial charge on any atom is -0.339 e. The summed E-state index contributed by atoms with van der Waals surface area (Å²) < 4.78 is 0. The molecular formula is C33H42N4O. The molecule has 0 bridgehead atoms. The van der Waals surface area contributed by atoms with E-state index in [2.05, 4.69) is 71.4 Å². The number of hydrogen-bond acceptors (Lipinski definition) is 4. The second kappa shape index (κ2) is 11.8. The van der Waals surface area contributed by atoms with Gasteiger partial charge in [0.2, 0.25) is 5.91 Å². The summed E-state index contributed by atoms with van der Waals surface area (Å²) >= 11 is 0. The van der Waals surface area contributed by atoms with Crippen molar-refractivity contribution < 1.29 is 4.79 Å². The zero-order chi connectivity index (χ0) is 26.5. The van der Waals surface area contributed by atoms with Crippen LogP contribution in [0.4, 0.5) is 0 Å². The number of carbonyl (C=O) groups excluding carboxylic acids is 1. The van der Waals surface area contributed by atoms with E-state index >= 15 is 0 Å². The molecule has 2 unspecified atom stereocenters. The van der Waals surface area contributed by atoms with Crippen molar-refractivity contribution >= 4 is 5.91 Å². The first-order chi connectivity index (χ1) is 18.4. The molecule has 3 aromatic rings. The van der Waals surface area contributed by atoms with Crippen LogP contribution < -0.4 is 5.73 Å². The van der Waals surface area contributed by atoms with Crippen molar-refractivity contribution in [3.63, 3.8) is 0 Å². The van der Waals surface area contributed by atoms with Gasteiger partial charge in [0.05, 0.1) is 0 Å². The Bertz CT molecular complexity index is 1110. The van der Waals surface area contributed by atoms with Crippen molar-refractivity contribution in [1.82, 2.24) is 14.7 Å². The first-order valence-corrected chi connectivity index (χ1v) is 14.1. The Morgan fingerprint density at radius 1 is 0.737 bits per heavy atom. The number of piperidine rings is 1. The van der Waals surface area contributed by atoms with Gasteiger partial charge >= 0.3 is 0 Å². The van der Waals surface area contributed by atoms with Crippen LogP contribution in [0.2, 0.25) is 0 Å². The van der Waals surface area contributed by atoms with Crippen LogP contribution in [0.5, 0.6) is 0 Å². The lowest BCUT2D eigenvalue weighted by molar-refractivity contribution is -0.139. The van der Waals surface area contributed by atoms with Crippen molar-refractivity contribution in [2.45, 2.75) is 37.3 Å². The summed E-state index contributed by atoms with van der Waals surface area (Å²) in [5, 5.41) is 0. The molecule has 3 aromatic carbocycles. The van der Waals surface area contributed by atoms with E-state index in [4.69, 9.17) is 5.73 Å². The number of nitrogens with zero attached hydrogens (tertiary/aromatic N) is 3. The van der Waals surface area contributed by atoms with E-state index in [1.54, 1.807) is 0 Å². The summed E-state index contributed by atoms with van der Waals surface area (Å²) in [6, 6.07) is 31.8. The van der Waals surface area contributed by atoms with Gasteiger partial charge in [-0.25, -0.2) is 0 Å². The van der Waals surface area contributed by atoms with Gasteiger partial charge in [-0.2, -0.15) is 0 Å². The van der Waals surface area contributed by atoms with E-state index in [0.29, 0.717) is 25.0 Å². The highest BCUT2D eigenvalue weighted by molar-refractivity contribution is 5.88. The third-order valence-corrected chi connectivity index (χ3v) is 8.67. The molecule has 0 aliphatic carbocycles. The predicted molar refractivity (Wildman–Crippen MR) is 155 cm³/mol. The highest BCUT2D eigenvalue weighted by Gasteiger charge is 2.43. The highest BCUT2D eigenvalue weighted by Crippen LogP contribution is 2.38. The van der Waals surface area contributed by atoms with Crippen LogP contribution in [0.15, 0.2) is 91.0 Å². The summed E-state index contributed by atoms with van der Waals surface area (Å²) in [4.78, 5) is 21.1. The van der Waals surface area contributed by atoms with Crippen molar-refractivity contribution in [2.75, 3.05) is 46.3 Å². The minimum atomic E-state index is -1.06. The maximum atomic E-state index is 14.1. The van der Waals surface area contributed by atoms with E-state index in [1.807, 2.05) is 48.2 Å². The van der Waals surface area contributed by atoms with Crippen LogP contribution in [-0.4, -0.2) is 72.5 Å². The maximum Gasteiger partial charge on any atom is 0.243 e. The fourth-order valence-electron chi connectivity index (χ4n) is 6.62. The molecule has 2 saturated heterocycles. The maximum absolute atomic E-state index is 14.1. The average Bonchev–Trinajstić information content (AvgIpc) is 2.96. The highest BCUT2D eigenvalue weighted by atomic mass is 16.2. The van der Waals surface area contributed by atoms with Gasteiger partial charge < -0.3 is 15.5 Å². The second-order valence-corrected chi connectivity index (χ2v) is 11.4. The van der Waals surface area contributed by atoms with Crippen molar-refractivity contribution in [1.29, 1.82) is 0 Å². The molecule has 5 rings (SSSR count). The number of rotatable bonds is 7. The van der Waals surface area contributed by atoms with Gasteiger partial charge in [-0.15, -0.1) is 0 Å². The Morgan fingerprint density at radius 2 is 1.18 bits per heavy atom. The molecule has 2 atom stereocenters. The number of hydrogen-bond donors (Lipinski definition) is 1. The molecule has 0 saturated carbocycles. The fourth-order valence-corrected chi connectivity index (χ4v) is 6.62. The van der Waals surface area contributed by atoms with Crippen molar-refractivity contribution in [3.8, 4) is 0 Å². The van der Waals surface area contributed by atoms with Gasteiger partial charge in [-0.1, -0.05) is 91.0 Å². The van der Waals surface area contributed by atoms with E-state index in [-0.39, 0.29) is 11.8 Å². The molecule has 1 amide bonds. The SMILES string of the molecule is CN1CCC(C(c2ccccc2)N2CCN(C(=O)C(C)(N)C(c3ccccc3)c3ccccc3)CC2)CC1. The average molecular weight is 511 g/mol. The molecule has 200 valence electrons. The third kappa shape index (κ3) is 5.70. The van der Waals surface area contributed by atoms with Gasteiger partial charge in [-0.3, -0.25) is 9.69 Å². The van der Waals surface area contributed by atoms with E-state index < -0.39 is 5.54 Å². The molecule has 2 aliphatic rings. The number of nitrogens with two attached hydrogens (primary N) is 1. The van der Waals surface area contributed by atoms with Crippen molar-refractivity contribution in [3.05, 3.63) is 108 Å². The Morgan fingerprint density at radius 3 is 1.66 bits per heavy atom. The first kappa shape index (κ1) is 26.6. The monoisotopic (exact) mass is 510 g/mol. The second-order valence-electron chi connectivity index (χ2n) is 11.4. The zero-order valence-corrected chi connectivity index (χ0v) is 22.9. The number of carbonyl (C=O) groups is 1. The summed E-state index contributed by atoms with van der Waals surface area (Å²) in [6.07, 6.45) is 2.43. The Hall–Kier alpha value is -2.99. The number of amides is 1. The lowest BCUT2D eigenvalue weighted by Gasteiger charge is -2.46. The molecule has 5 nitrogen and oxygen atoms in total. The van der Waals surface area contributed by atoms with Gasteiger partial charge in [0.15, 0.2) is 0 Å². The van der Waals surface area contributed by atoms with E-state index in [9.17, 15) is 4.79 Å². The molecule has 0 spiro atoms. The molecule has 0 aromatic heterocycles. The molecular weight excluding hydrogens is 468 g/mol. The normalized spacial score (nSPS) is 20.3. The quantitative estimate of drug-likeness (QED) is 0.498. The largest absolute Gasteiger partial charge is 0.339 e. The Labute approximate surface area is 228 Å². The van der Waals surface area contributed by atoms with Crippen LogP contribution in [0.25, 0.3) is 0 Å². The van der Waals surface area contributed by atoms with Gasteiger partial charge in [0, 0.05) is 38.1 Å². The number of likely N-dealkylation sites (tertiary alicyclic amines) is 1. The van der Waals surface area contributed by atoms with Crippen LogP contribution in [-0.2, 0) is 4.79 Å². The molecule has 38 heavy (non-hydrogen) atoms. The van der Waals surface area contributed by atoms with Crippen LogP contribution in [0.1, 0.15) is 48.4 Å². The van der Waals surface area contributed by atoms with E-state index in [1.165, 1.54) is 18.4 Å². The Kier molecular flexibility index (Phi) is 8.27. The van der Waals surface area contributed by atoms with Gasteiger partial charge in [0.1, 0.15) is 5.54 Å². The smallest absolute Gasteiger partial charge is 0.243 e. The van der Waals surface area contributed by atoms with Gasteiger partial charge in [0.25, 0.3) is 0 Å². The predicted octanol–water partition coefficient (Wildman–Crippen LogP) is 4.76. The lowest BCUT2D eigenvalue weighted by atomic mass is 9.75. The summed E-state index contributed by atoms with van der Waals surface area (Å²) in [7, 11) is 2.22.